The Bertz CT molecular complexity index is 303. The van der Waals surface area contributed by atoms with Gasteiger partial charge in [0.05, 0.1) is 11.1 Å². The molecule has 3 N–H and O–H groups in total. The normalized spacial score (nSPS) is 8.00. The third-order valence-corrected chi connectivity index (χ3v) is 1.30. The third-order valence-electron chi connectivity index (χ3n) is 1.30. The van der Waals surface area contributed by atoms with Crippen LogP contribution in [0.15, 0.2) is 18.2 Å². The van der Waals surface area contributed by atoms with Crippen molar-refractivity contribution in [2.75, 3.05) is 0 Å². The summed E-state index contributed by atoms with van der Waals surface area (Å²) in [4.78, 5) is 20.9. The first-order valence-electron chi connectivity index (χ1n) is 3.10. The average molecular weight is 205 g/mol. The fourth-order valence-corrected chi connectivity index (χ4v) is 0.792. The van der Waals surface area contributed by atoms with Gasteiger partial charge >= 0.3 is 41.5 Å². The number of carbonyl (C=O) groups is 2. The van der Waals surface area contributed by atoms with Crippen molar-refractivity contribution in [2.24, 2.45) is 0 Å². The Hall–Kier alpha value is -0.880. The summed E-state index contributed by atoms with van der Waals surface area (Å²) in [6.07, 6.45) is 0. The topological polar surface area (TPSA) is 105 Å². The maximum Gasteiger partial charge on any atom is 1.00 e. The zero-order valence-electron chi connectivity index (χ0n) is 7.39. The van der Waals surface area contributed by atoms with Crippen molar-refractivity contribution < 1.29 is 54.8 Å². The fourth-order valence-electron chi connectivity index (χ4n) is 0.792. The van der Waals surface area contributed by atoms with Gasteiger partial charge in [-0.3, -0.25) is 0 Å². The molecule has 1 aromatic rings. The summed E-state index contributed by atoms with van der Waals surface area (Å²) in [6, 6.07) is 6.35. The minimum atomic E-state index is -1.28. The van der Waals surface area contributed by atoms with Crippen molar-refractivity contribution in [1.29, 1.82) is 0 Å². The number of benzene rings is 1. The number of rotatable bonds is 2. The van der Waals surface area contributed by atoms with E-state index in [1.54, 1.807) is 0 Å². The number of carboxylic acids is 2. The summed E-state index contributed by atoms with van der Waals surface area (Å²) < 4.78 is 0. The van der Waals surface area contributed by atoms with Crippen LogP contribution < -0.4 is 29.6 Å². The second kappa shape index (κ2) is 6.56. The summed E-state index contributed by atoms with van der Waals surface area (Å²) >= 11 is 0. The largest absolute Gasteiger partial charge is 1.00 e. The van der Waals surface area contributed by atoms with E-state index < -0.39 is 11.9 Å². The predicted molar refractivity (Wildman–Crippen MR) is 41.1 cm³/mol. The van der Waals surface area contributed by atoms with Gasteiger partial charge in [0, 0.05) is 0 Å². The van der Waals surface area contributed by atoms with Gasteiger partial charge in [-0.15, -0.1) is 0 Å². The molecule has 1 rings (SSSR count). The Kier molecular flexibility index (Phi) is 7.30. The molecule has 0 aliphatic heterocycles. The number of hydrogen-bond acceptors (Lipinski definition) is 3. The smallest absolute Gasteiger partial charge is 0.870 e. The van der Waals surface area contributed by atoms with Gasteiger partial charge in [-0.25, -0.2) is 9.59 Å². The molecule has 0 fully saturated rings. The van der Waals surface area contributed by atoms with E-state index >= 15 is 0 Å². The molecule has 0 saturated heterocycles. The molecular formula is C8H6NaO5. The number of hydrogen-bond donors (Lipinski definition) is 2. The predicted octanol–water partition coefficient (Wildman–Crippen LogP) is -2.29. The monoisotopic (exact) mass is 205 g/mol. The summed E-state index contributed by atoms with van der Waals surface area (Å²) in [6.45, 7) is 0. The minimum absolute atomic E-state index is 0. The van der Waals surface area contributed by atoms with Crippen LogP contribution in [-0.2, 0) is 0 Å². The molecule has 0 aliphatic rings. The van der Waals surface area contributed by atoms with Crippen LogP contribution in [0.2, 0.25) is 0 Å². The van der Waals surface area contributed by atoms with Crippen LogP contribution in [-0.4, -0.2) is 27.6 Å². The first-order valence-corrected chi connectivity index (χ1v) is 3.10. The Morgan fingerprint density at radius 3 is 2.14 bits per heavy atom. The summed E-state index contributed by atoms with van der Waals surface area (Å²) in [5.41, 5.74) is -0.560. The van der Waals surface area contributed by atoms with Crippen molar-refractivity contribution in [3.63, 3.8) is 0 Å². The Morgan fingerprint density at radius 2 is 1.79 bits per heavy atom. The molecular weight excluding hydrogens is 199 g/mol. The van der Waals surface area contributed by atoms with E-state index in [1.807, 2.05) is 0 Å². The van der Waals surface area contributed by atoms with Gasteiger partial charge in [-0.1, -0.05) is 12.1 Å². The molecule has 0 atom stereocenters. The minimum Gasteiger partial charge on any atom is -0.870 e. The van der Waals surface area contributed by atoms with Crippen LogP contribution >= 0.6 is 0 Å². The summed E-state index contributed by atoms with van der Waals surface area (Å²) in [5.74, 6) is -2.54. The van der Waals surface area contributed by atoms with Crippen LogP contribution in [0, 0.1) is 6.07 Å². The molecule has 1 aromatic carbocycles. The summed E-state index contributed by atoms with van der Waals surface area (Å²) in [7, 11) is 0. The molecule has 1 radical (unpaired) electrons. The molecule has 0 amide bonds. The molecule has 14 heavy (non-hydrogen) atoms. The molecule has 5 nitrogen and oxygen atoms in total. The molecule has 69 valence electrons. The zero-order valence-corrected chi connectivity index (χ0v) is 9.39. The van der Waals surface area contributed by atoms with Gasteiger partial charge in [-0.05, 0) is 12.1 Å². The molecule has 0 spiro atoms. The molecule has 0 saturated carbocycles. The average Bonchev–Trinajstić information content (AvgIpc) is 2.04. The molecule has 0 bridgehead atoms. The van der Waals surface area contributed by atoms with E-state index in [-0.39, 0.29) is 46.2 Å². The van der Waals surface area contributed by atoms with E-state index in [1.165, 1.54) is 18.2 Å². The van der Waals surface area contributed by atoms with Crippen LogP contribution in [0.3, 0.4) is 0 Å². The maximum atomic E-state index is 10.4. The molecule has 0 heterocycles. The molecule has 0 aliphatic carbocycles. The SMILES string of the molecule is O=C(O)c1[c]cccc1C(=O)O.[Na+].[OH-]. The second-order valence-electron chi connectivity index (χ2n) is 2.07. The van der Waals surface area contributed by atoms with Crippen LogP contribution in [0.1, 0.15) is 20.7 Å². The van der Waals surface area contributed by atoms with E-state index in [2.05, 4.69) is 6.07 Å². The molecule has 0 unspecified atom stereocenters. The Morgan fingerprint density at radius 1 is 1.21 bits per heavy atom. The van der Waals surface area contributed by atoms with Crippen LogP contribution in [0.25, 0.3) is 0 Å². The van der Waals surface area contributed by atoms with Crippen molar-refractivity contribution in [1.82, 2.24) is 0 Å². The van der Waals surface area contributed by atoms with Crippen molar-refractivity contribution in [3.8, 4) is 0 Å². The number of carboxylic acid groups (broad SMARTS) is 2. The molecule has 6 heteroatoms. The second-order valence-corrected chi connectivity index (χ2v) is 2.07. The van der Waals surface area contributed by atoms with Crippen LogP contribution in [0.5, 0.6) is 0 Å². The van der Waals surface area contributed by atoms with Crippen molar-refractivity contribution in [2.45, 2.75) is 0 Å². The van der Waals surface area contributed by atoms with Gasteiger partial charge in [0.15, 0.2) is 0 Å². The molecule has 0 aromatic heterocycles. The summed E-state index contributed by atoms with van der Waals surface area (Å²) in [5, 5.41) is 17.1. The van der Waals surface area contributed by atoms with Crippen molar-refractivity contribution >= 4 is 11.9 Å². The van der Waals surface area contributed by atoms with Gasteiger partial charge in [0.1, 0.15) is 0 Å². The Labute approximate surface area is 102 Å². The van der Waals surface area contributed by atoms with E-state index in [0.717, 1.165) is 0 Å². The fraction of sp³-hybridized carbons (Fsp3) is 0. The third kappa shape index (κ3) is 3.47. The number of aromatic carboxylic acids is 2. The first kappa shape index (κ1) is 15.6. The standard InChI is InChI=1S/C8H5O4.Na.H2O/c9-7(10)5-3-1-2-4-6(5)8(11)12;;/h1-3H,(H,9,10)(H,11,12);;1H2/q;+1;/p-1. The van der Waals surface area contributed by atoms with E-state index in [9.17, 15) is 9.59 Å². The van der Waals surface area contributed by atoms with Crippen molar-refractivity contribution in [3.05, 3.63) is 35.4 Å². The quantitative estimate of drug-likeness (QED) is 0.529. The Balaban J connectivity index is 0. The maximum absolute atomic E-state index is 10.4. The first-order chi connectivity index (χ1) is 5.63. The van der Waals surface area contributed by atoms with E-state index in [4.69, 9.17) is 10.2 Å². The van der Waals surface area contributed by atoms with E-state index in [0.29, 0.717) is 0 Å². The van der Waals surface area contributed by atoms with Gasteiger partial charge in [0.2, 0.25) is 0 Å². The van der Waals surface area contributed by atoms with Gasteiger partial charge in [-0.2, -0.15) is 0 Å². The van der Waals surface area contributed by atoms with Gasteiger partial charge in [0.25, 0.3) is 0 Å². The van der Waals surface area contributed by atoms with Crippen LogP contribution in [0.4, 0.5) is 0 Å². The van der Waals surface area contributed by atoms with Gasteiger partial charge < -0.3 is 15.7 Å². The zero-order chi connectivity index (χ0) is 9.14.